The monoisotopic (exact) mass is 249 g/mol. The zero-order valence-electron chi connectivity index (χ0n) is 10.3. The van der Waals surface area contributed by atoms with E-state index < -0.39 is 0 Å². The summed E-state index contributed by atoms with van der Waals surface area (Å²) >= 11 is 1.56. The Balaban J connectivity index is 2.19. The molecule has 0 aliphatic heterocycles. The maximum absolute atomic E-state index is 13.6. The van der Waals surface area contributed by atoms with Crippen LogP contribution in [0.3, 0.4) is 0 Å². The average Bonchev–Trinajstić information content (AvgIpc) is 2.63. The van der Waals surface area contributed by atoms with Gasteiger partial charge in [-0.3, -0.25) is 4.98 Å². The van der Waals surface area contributed by atoms with E-state index in [1.165, 1.54) is 0 Å². The Hall–Kier alpha value is -1.22. The minimum Gasteiger partial charge on any atom is -0.261 e. The summed E-state index contributed by atoms with van der Waals surface area (Å²) in [7, 11) is 0. The van der Waals surface area contributed by atoms with Crippen molar-refractivity contribution in [3.05, 3.63) is 51.2 Å². The molecule has 2 aromatic heterocycles. The fraction of sp³-hybridized carbons (Fsp3) is 0.357. The number of nitrogens with zero attached hydrogens (tertiary/aromatic N) is 1. The molecule has 2 heterocycles. The van der Waals surface area contributed by atoms with Crippen molar-refractivity contribution in [1.29, 1.82) is 0 Å². The fourth-order valence-electron chi connectivity index (χ4n) is 1.72. The van der Waals surface area contributed by atoms with Crippen LogP contribution in [-0.4, -0.2) is 4.98 Å². The molecule has 2 aromatic rings. The number of rotatable bonds is 3. The smallest absolute Gasteiger partial charge is 0.137 e. The molecule has 0 spiro atoms. The minimum atomic E-state index is -0.0694. The van der Waals surface area contributed by atoms with E-state index in [1.807, 2.05) is 33.0 Å². The van der Waals surface area contributed by atoms with Crippen molar-refractivity contribution in [2.24, 2.45) is 0 Å². The molecule has 0 aliphatic rings. The van der Waals surface area contributed by atoms with Gasteiger partial charge in [0.05, 0.1) is 0 Å². The van der Waals surface area contributed by atoms with Gasteiger partial charge in [-0.2, -0.15) is 0 Å². The molecule has 0 fully saturated rings. The normalized spacial score (nSPS) is 11.1. The van der Waals surface area contributed by atoms with Crippen LogP contribution in [0.2, 0.25) is 0 Å². The van der Waals surface area contributed by atoms with E-state index in [1.54, 1.807) is 17.4 Å². The molecule has 0 aliphatic carbocycles. The van der Waals surface area contributed by atoms with E-state index in [-0.39, 0.29) is 11.7 Å². The topological polar surface area (TPSA) is 12.9 Å². The summed E-state index contributed by atoms with van der Waals surface area (Å²) in [5.41, 5.74) is 2.14. The van der Waals surface area contributed by atoms with Gasteiger partial charge in [-0.1, -0.05) is 19.9 Å². The quantitative estimate of drug-likeness (QED) is 0.790. The number of hydrogen-bond acceptors (Lipinski definition) is 2. The van der Waals surface area contributed by atoms with Crippen molar-refractivity contribution in [1.82, 2.24) is 4.98 Å². The molecule has 0 radical (unpaired) electrons. The third kappa shape index (κ3) is 2.91. The number of pyridine rings is 1. The second-order valence-corrected chi connectivity index (χ2v) is 5.73. The van der Waals surface area contributed by atoms with Gasteiger partial charge in [-0.25, -0.2) is 4.39 Å². The molecular weight excluding hydrogens is 233 g/mol. The van der Waals surface area contributed by atoms with E-state index in [4.69, 9.17) is 0 Å². The van der Waals surface area contributed by atoms with Gasteiger partial charge in [-0.15, -0.1) is 11.3 Å². The summed E-state index contributed by atoms with van der Waals surface area (Å²) < 4.78 is 13.6. The van der Waals surface area contributed by atoms with Crippen LogP contribution in [0.1, 0.15) is 40.8 Å². The molecule has 0 atom stereocenters. The number of aryl methyl sites for hydroxylation is 1. The summed E-state index contributed by atoms with van der Waals surface area (Å²) in [4.78, 5) is 6.16. The summed E-state index contributed by atoms with van der Waals surface area (Å²) in [5, 5.41) is 0. The number of thiophene rings is 1. The highest BCUT2D eigenvalue weighted by atomic mass is 32.1. The molecule has 1 nitrogen and oxygen atoms in total. The molecule has 90 valence electrons. The molecule has 0 unspecified atom stereocenters. The minimum absolute atomic E-state index is 0.0694. The first kappa shape index (κ1) is 12.2. The van der Waals surface area contributed by atoms with Gasteiger partial charge in [0.25, 0.3) is 0 Å². The molecule has 0 aromatic carbocycles. The third-order valence-corrected chi connectivity index (χ3v) is 4.05. The Kier molecular flexibility index (Phi) is 3.57. The highest BCUT2D eigenvalue weighted by Gasteiger charge is 2.12. The average molecular weight is 249 g/mol. The highest BCUT2D eigenvalue weighted by molar-refractivity contribution is 7.12. The van der Waals surface area contributed by atoms with Crippen molar-refractivity contribution in [3.63, 3.8) is 0 Å². The fourth-order valence-corrected chi connectivity index (χ4v) is 2.79. The standard InChI is InChI=1S/C14H16FNS/c1-9(2)14-13(15)7-12(17-14)6-11-5-4-10(3)16-8-11/h4-5,7-9H,6H2,1-3H3. The van der Waals surface area contributed by atoms with E-state index in [0.29, 0.717) is 0 Å². The van der Waals surface area contributed by atoms with Gasteiger partial charge in [0.15, 0.2) is 0 Å². The van der Waals surface area contributed by atoms with Crippen LogP contribution in [0.25, 0.3) is 0 Å². The lowest BCUT2D eigenvalue weighted by Crippen LogP contribution is -1.87. The van der Waals surface area contributed by atoms with Crippen molar-refractivity contribution >= 4 is 11.3 Å². The predicted molar refractivity (Wildman–Crippen MR) is 70.1 cm³/mol. The van der Waals surface area contributed by atoms with E-state index in [2.05, 4.69) is 11.1 Å². The Morgan fingerprint density at radius 1 is 1.35 bits per heavy atom. The molecule has 3 heteroatoms. The van der Waals surface area contributed by atoms with E-state index in [9.17, 15) is 4.39 Å². The predicted octanol–water partition coefficient (Wildman–Crippen LogP) is 4.30. The SMILES string of the molecule is Cc1ccc(Cc2cc(F)c(C(C)C)s2)cn1. The second-order valence-electron chi connectivity index (χ2n) is 4.56. The maximum atomic E-state index is 13.6. The van der Waals surface area contributed by atoms with Crippen molar-refractivity contribution in [2.45, 2.75) is 33.1 Å². The van der Waals surface area contributed by atoms with Crippen LogP contribution in [0, 0.1) is 12.7 Å². The number of hydrogen-bond donors (Lipinski definition) is 0. The molecule has 2 rings (SSSR count). The Bertz CT molecular complexity index is 499. The summed E-state index contributed by atoms with van der Waals surface area (Å²) in [6.45, 7) is 6.00. The van der Waals surface area contributed by atoms with Crippen LogP contribution < -0.4 is 0 Å². The molecule has 0 saturated heterocycles. The molecule has 0 amide bonds. The molecular formula is C14H16FNS. The largest absolute Gasteiger partial charge is 0.261 e. The van der Waals surface area contributed by atoms with E-state index in [0.717, 1.165) is 27.4 Å². The number of halogens is 1. The molecule has 0 bridgehead atoms. The summed E-state index contributed by atoms with van der Waals surface area (Å²) in [5.74, 6) is 0.185. The zero-order valence-corrected chi connectivity index (χ0v) is 11.1. The Morgan fingerprint density at radius 3 is 2.65 bits per heavy atom. The zero-order chi connectivity index (χ0) is 12.4. The van der Waals surface area contributed by atoms with Crippen LogP contribution in [0.5, 0.6) is 0 Å². The van der Waals surface area contributed by atoms with Gasteiger partial charge < -0.3 is 0 Å². The van der Waals surface area contributed by atoms with Gasteiger partial charge in [-0.05, 0) is 30.5 Å². The lowest BCUT2D eigenvalue weighted by Gasteiger charge is -2.00. The van der Waals surface area contributed by atoms with Gasteiger partial charge in [0, 0.05) is 28.1 Å². The van der Waals surface area contributed by atoms with Gasteiger partial charge in [0.2, 0.25) is 0 Å². The van der Waals surface area contributed by atoms with Crippen LogP contribution in [-0.2, 0) is 6.42 Å². The number of aromatic nitrogens is 1. The van der Waals surface area contributed by atoms with Crippen LogP contribution >= 0.6 is 11.3 Å². The van der Waals surface area contributed by atoms with E-state index >= 15 is 0 Å². The van der Waals surface area contributed by atoms with Gasteiger partial charge in [0.1, 0.15) is 5.82 Å². The third-order valence-electron chi connectivity index (χ3n) is 2.64. The Morgan fingerprint density at radius 2 is 2.12 bits per heavy atom. The second kappa shape index (κ2) is 4.96. The lowest BCUT2D eigenvalue weighted by molar-refractivity contribution is 0.608. The lowest BCUT2D eigenvalue weighted by atomic mass is 10.1. The molecule has 0 saturated carbocycles. The highest BCUT2D eigenvalue weighted by Crippen LogP contribution is 2.29. The van der Waals surface area contributed by atoms with Gasteiger partial charge >= 0.3 is 0 Å². The first-order chi connectivity index (χ1) is 8.06. The van der Waals surface area contributed by atoms with Crippen molar-refractivity contribution in [2.75, 3.05) is 0 Å². The molecule has 17 heavy (non-hydrogen) atoms. The summed E-state index contributed by atoms with van der Waals surface area (Å²) in [6.07, 6.45) is 2.63. The first-order valence-electron chi connectivity index (χ1n) is 5.76. The van der Waals surface area contributed by atoms with Crippen molar-refractivity contribution < 1.29 is 4.39 Å². The maximum Gasteiger partial charge on any atom is 0.137 e. The van der Waals surface area contributed by atoms with Crippen LogP contribution in [0.15, 0.2) is 24.4 Å². The summed E-state index contributed by atoms with van der Waals surface area (Å²) in [6, 6.07) is 5.69. The first-order valence-corrected chi connectivity index (χ1v) is 6.57. The Labute approximate surface area is 105 Å². The van der Waals surface area contributed by atoms with Crippen LogP contribution in [0.4, 0.5) is 4.39 Å². The molecule has 0 N–H and O–H groups in total. The van der Waals surface area contributed by atoms with Crippen molar-refractivity contribution in [3.8, 4) is 0 Å².